The van der Waals surface area contributed by atoms with Crippen molar-refractivity contribution >= 4 is 51.2 Å². The first-order valence-electron chi connectivity index (χ1n) is 6.57. The predicted molar refractivity (Wildman–Crippen MR) is 85.1 cm³/mol. The number of esters is 2. The second-order valence-corrected chi connectivity index (χ2v) is 6.03. The second kappa shape index (κ2) is 7.41. The van der Waals surface area contributed by atoms with Crippen LogP contribution < -0.4 is 5.73 Å². The number of nitrogen functional groups attached to an aromatic ring is 1. The van der Waals surface area contributed by atoms with Gasteiger partial charge in [0, 0.05) is 5.39 Å². The molecule has 0 atom stereocenters. The molecule has 2 aromatic rings. The summed E-state index contributed by atoms with van der Waals surface area (Å²) in [5, 5.41) is 1.22. The molecular formula is C13H15N3O4S2. The molecular weight excluding hydrogens is 326 g/mol. The zero-order chi connectivity index (χ0) is 16.1. The molecule has 0 unspecified atom stereocenters. The Hall–Kier alpha value is -1.87. The van der Waals surface area contributed by atoms with E-state index in [9.17, 15) is 9.59 Å². The molecule has 9 heteroatoms. The molecule has 2 N–H and O–H groups in total. The number of ether oxygens (including phenoxy) is 2. The molecule has 0 aliphatic rings. The number of hydrogen-bond donors (Lipinski definition) is 1. The number of anilines is 1. The lowest BCUT2D eigenvalue weighted by atomic mass is 10.3. The first-order chi connectivity index (χ1) is 10.5. The van der Waals surface area contributed by atoms with Gasteiger partial charge in [-0.1, -0.05) is 11.8 Å². The van der Waals surface area contributed by atoms with Crippen LogP contribution in [-0.2, 0) is 14.3 Å². The van der Waals surface area contributed by atoms with Gasteiger partial charge in [0.1, 0.15) is 14.7 Å². The maximum Gasteiger partial charge on any atom is 0.348 e. The van der Waals surface area contributed by atoms with Crippen LogP contribution in [0.1, 0.15) is 23.5 Å². The third-order valence-electron chi connectivity index (χ3n) is 2.48. The number of rotatable bonds is 6. The fourth-order valence-corrected chi connectivity index (χ4v) is 3.46. The highest BCUT2D eigenvalue weighted by Crippen LogP contribution is 2.32. The summed E-state index contributed by atoms with van der Waals surface area (Å²) >= 11 is 2.38. The smallest absolute Gasteiger partial charge is 0.348 e. The van der Waals surface area contributed by atoms with Gasteiger partial charge in [0.2, 0.25) is 5.95 Å². The summed E-state index contributed by atoms with van der Waals surface area (Å²) in [5.41, 5.74) is 5.67. The second-order valence-electron chi connectivity index (χ2n) is 4.03. The summed E-state index contributed by atoms with van der Waals surface area (Å²) in [5.74, 6) is -0.538. The molecule has 0 aromatic carbocycles. The van der Waals surface area contributed by atoms with E-state index in [1.54, 1.807) is 19.9 Å². The number of fused-ring (bicyclic) bond motifs is 1. The fourth-order valence-electron chi connectivity index (χ4n) is 1.65. The number of thiophene rings is 1. The highest BCUT2D eigenvalue weighted by atomic mass is 32.2. The maximum atomic E-state index is 11.8. The quantitative estimate of drug-likeness (QED) is 0.484. The van der Waals surface area contributed by atoms with E-state index in [1.807, 2.05) is 0 Å². The zero-order valence-electron chi connectivity index (χ0n) is 12.1. The fraction of sp³-hybridized carbons (Fsp3) is 0.385. The van der Waals surface area contributed by atoms with Gasteiger partial charge >= 0.3 is 11.9 Å². The van der Waals surface area contributed by atoms with Gasteiger partial charge < -0.3 is 15.2 Å². The van der Waals surface area contributed by atoms with E-state index in [0.717, 1.165) is 0 Å². The van der Waals surface area contributed by atoms with Crippen LogP contribution >= 0.6 is 23.1 Å². The Bertz CT molecular complexity index is 702. The van der Waals surface area contributed by atoms with Crippen LogP contribution in [0.5, 0.6) is 0 Å². The Morgan fingerprint density at radius 3 is 2.68 bits per heavy atom. The summed E-state index contributed by atoms with van der Waals surface area (Å²) in [6, 6.07) is 1.66. The van der Waals surface area contributed by atoms with E-state index in [-0.39, 0.29) is 17.7 Å². The summed E-state index contributed by atoms with van der Waals surface area (Å²) in [7, 11) is 0. The Morgan fingerprint density at radius 1 is 1.27 bits per heavy atom. The minimum atomic E-state index is -0.412. The Morgan fingerprint density at radius 2 is 2.00 bits per heavy atom. The molecule has 0 radical (unpaired) electrons. The summed E-state index contributed by atoms with van der Waals surface area (Å²) < 4.78 is 9.84. The van der Waals surface area contributed by atoms with Crippen LogP contribution in [0.25, 0.3) is 10.2 Å². The predicted octanol–water partition coefficient (Wildman–Crippen LogP) is 2.11. The number of thioether (sulfide) groups is 1. The third-order valence-corrected chi connectivity index (χ3v) is 4.46. The average Bonchev–Trinajstić information content (AvgIpc) is 2.89. The Balaban J connectivity index is 2.29. The van der Waals surface area contributed by atoms with Crippen LogP contribution in [0, 0.1) is 0 Å². The summed E-state index contributed by atoms with van der Waals surface area (Å²) in [4.78, 5) is 32.5. The van der Waals surface area contributed by atoms with Crippen molar-refractivity contribution in [3.8, 4) is 0 Å². The number of nitrogens with two attached hydrogens (primary N) is 1. The van der Waals surface area contributed by atoms with Crippen molar-refractivity contribution in [3.63, 3.8) is 0 Å². The van der Waals surface area contributed by atoms with Crippen molar-refractivity contribution in [2.75, 3.05) is 24.7 Å². The maximum absolute atomic E-state index is 11.8. The molecule has 0 fully saturated rings. The largest absolute Gasteiger partial charge is 0.465 e. The molecule has 0 amide bonds. The number of aromatic nitrogens is 2. The molecule has 0 saturated carbocycles. The molecule has 7 nitrogen and oxygen atoms in total. The van der Waals surface area contributed by atoms with Crippen molar-refractivity contribution in [1.82, 2.24) is 9.97 Å². The lowest BCUT2D eigenvalue weighted by molar-refractivity contribution is -0.139. The molecule has 0 bridgehead atoms. The van der Waals surface area contributed by atoms with Crippen molar-refractivity contribution in [2.24, 2.45) is 0 Å². The molecule has 2 aromatic heterocycles. The highest BCUT2D eigenvalue weighted by molar-refractivity contribution is 8.00. The number of carbonyl (C=O) groups excluding carboxylic acids is 2. The zero-order valence-corrected chi connectivity index (χ0v) is 13.8. The lowest BCUT2D eigenvalue weighted by Crippen LogP contribution is -2.07. The van der Waals surface area contributed by atoms with E-state index in [4.69, 9.17) is 15.2 Å². The highest BCUT2D eigenvalue weighted by Gasteiger charge is 2.17. The minimum Gasteiger partial charge on any atom is -0.465 e. The average molecular weight is 341 g/mol. The van der Waals surface area contributed by atoms with E-state index < -0.39 is 5.97 Å². The Labute approximate surface area is 135 Å². The molecule has 0 aliphatic carbocycles. The normalized spacial score (nSPS) is 10.6. The first kappa shape index (κ1) is 16.5. The van der Waals surface area contributed by atoms with Crippen LogP contribution in [0.3, 0.4) is 0 Å². The molecule has 118 valence electrons. The van der Waals surface area contributed by atoms with Gasteiger partial charge in [0.25, 0.3) is 0 Å². The van der Waals surface area contributed by atoms with Gasteiger partial charge in [0.15, 0.2) is 0 Å². The van der Waals surface area contributed by atoms with Crippen LogP contribution in [0.4, 0.5) is 5.95 Å². The van der Waals surface area contributed by atoms with Crippen LogP contribution in [0.15, 0.2) is 11.1 Å². The lowest BCUT2D eigenvalue weighted by Gasteiger charge is -2.03. The van der Waals surface area contributed by atoms with Crippen molar-refractivity contribution in [3.05, 3.63) is 10.9 Å². The van der Waals surface area contributed by atoms with Gasteiger partial charge in [-0.05, 0) is 19.9 Å². The van der Waals surface area contributed by atoms with Gasteiger partial charge in [-0.25, -0.2) is 14.8 Å². The molecule has 2 rings (SSSR count). The van der Waals surface area contributed by atoms with E-state index in [0.29, 0.717) is 33.3 Å². The van der Waals surface area contributed by atoms with Crippen molar-refractivity contribution < 1.29 is 19.1 Å². The SMILES string of the molecule is CCOC(=O)CSc1nc(N)nc2sc(C(=O)OCC)cc12. The summed E-state index contributed by atoms with van der Waals surface area (Å²) in [6.45, 7) is 4.11. The number of carbonyl (C=O) groups is 2. The third kappa shape index (κ3) is 3.86. The standard InChI is InChI=1S/C13H15N3O4S2/c1-3-19-9(17)6-21-10-7-5-8(12(18)20-4-2)22-11(7)16-13(14)15-10/h5H,3-4,6H2,1-2H3,(H2,14,15,16). The molecule has 0 spiro atoms. The Kier molecular flexibility index (Phi) is 5.56. The van der Waals surface area contributed by atoms with Crippen molar-refractivity contribution in [1.29, 1.82) is 0 Å². The van der Waals surface area contributed by atoms with Crippen LogP contribution in [-0.4, -0.2) is 40.9 Å². The summed E-state index contributed by atoms with van der Waals surface area (Å²) in [6.07, 6.45) is 0. The molecule has 22 heavy (non-hydrogen) atoms. The first-order valence-corrected chi connectivity index (χ1v) is 8.38. The van der Waals surface area contributed by atoms with Crippen LogP contribution in [0.2, 0.25) is 0 Å². The van der Waals surface area contributed by atoms with Gasteiger partial charge in [-0.2, -0.15) is 0 Å². The van der Waals surface area contributed by atoms with E-state index >= 15 is 0 Å². The molecule has 0 saturated heterocycles. The van der Waals surface area contributed by atoms with Gasteiger partial charge in [-0.15, -0.1) is 11.3 Å². The van der Waals surface area contributed by atoms with E-state index in [1.165, 1.54) is 23.1 Å². The van der Waals surface area contributed by atoms with Crippen molar-refractivity contribution in [2.45, 2.75) is 18.9 Å². The monoisotopic (exact) mass is 341 g/mol. The number of nitrogens with zero attached hydrogens (tertiary/aromatic N) is 2. The molecule has 0 aliphatic heterocycles. The number of hydrogen-bond acceptors (Lipinski definition) is 9. The van der Waals surface area contributed by atoms with Gasteiger partial charge in [0.05, 0.1) is 19.0 Å². The van der Waals surface area contributed by atoms with Gasteiger partial charge in [-0.3, -0.25) is 4.79 Å². The molecule has 2 heterocycles. The topological polar surface area (TPSA) is 104 Å². The van der Waals surface area contributed by atoms with E-state index in [2.05, 4.69) is 9.97 Å². The minimum absolute atomic E-state index is 0.0936.